The van der Waals surface area contributed by atoms with E-state index in [-0.39, 0.29) is 0 Å². The molecule has 0 aliphatic carbocycles. The van der Waals surface area contributed by atoms with Crippen LogP contribution in [0.4, 0.5) is 5.13 Å². The number of aromatic nitrogens is 1. The fraction of sp³-hybridized carbons (Fsp3) is 0.308. The highest BCUT2D eigenvalue weighted by Gasteiger charge is 2.15. The molecule has 0 saturated carbocycles. The van der Waals surface area contributed by atoms with Gasteiger partial charge in [0.25, 0.3) is 0 Å². The van der Waals surface area contributed by atoms with Crippen molar-refractivity contribution in [3.05, 3.63) is 40.9 Å². The number of anilines is 1. The van der Waals surface area contributed by atoms with Gasteiger partial charge < -0.3 is 5.32 Å². The van der Waals surface area contributed by atoms with Crippen molar-refractivity contribution in [2.75, 3.05) is 18.9 Å². The zero-order chi connectivity index (χ0) is 14.6. The summed E-state index contributed by atoms with van der Waals surface area (Å²) in [5.74, 6) is 0. The molecule has 0 radical (unpaired) electrons. The first-order valence-corrected chi connectivity index (χ1v) is 8.56. The Labute approximate surface area is 123 Å². The first-order valence-electron chi connectivity index (χ1n) is 6.20. The average Bonchev–Trinajstić information content (AvgIpc) is 2.87. The Morgan fingerprint density at radius 1 is 1.30 bits per heavy atom. The van der Waals surface area contributed by atoms with E-state index in [0.717, 1.165) is 16.4 Å². The summed E-state index contributed by atoms with van der Waals surface area (Å²) in [5.41, 5.74) is 1.62. The van der Waals surface area contributed by atoms with Crippen LogP contribution in [0.25, 0.3) is 0 Å². The maximum Gasteiger partial charge on any atom is 0.240 e. The summed E-state index contributed by atoms with van der Waals surface area (Å²) in [6.07, 6.45) is 0.573. The van der Waals surface area contributed by atoms with E-state index in [1.54, 1.807) is 25.1 Å². The van der Waals surface area contributed by atoms with Crippen LogP contribution in [-0.2, 0) is 16.4 Å². The van der Waals surface area contributed by atoms with Gasteiger partial charge in [0, 0.05) is 25.4 Å². The van der Waals surface area contributed by atoms with Crippen molar-refractivity contribution in [3.63, 3.8) is 0 Å². The lowest BCUT2D eigenvalue weighted by Gasteiger charge is -2.08. The zero-order valence-corrected chi connectivity index (χ0v) is 13.0. The van der Waals surface area contributed by atoms with E-state index in [4.69, 9.17) is 0 Å². The second-order valence-corrected chi connectivity index (χ2v) is 6.90. The van der Waals surface area contributed by atoms with Crippen molar-refractivity contribution in [3.8, 4) is 0 Å². The largest absolute Gasteiger partial charge is 0.365 e. The summed E-state index contributed by atoms with van der Waals surface area (Å²) in [7, 11) is -1.64. The molecule has 1 aromatic heterocycles. The molecule has 1 aromatic carbocycles. The number of hydrogen-bond acceptors (Lipinski definition) is 5. The van der Waals surface area contributed by atoms with Crippen LogP contribution >= 0.6 is 11.3 Å². The number of aryl methyl sites for hydroxylation is 1. The van der Waals surface area contributed by atoms with E-state index >= 15 is 0 Å². The van der Waals surface area contributed by atoms with Crippen molar-refractivity contribution in [2.45, 2.75) is 18.2 Å². The number of benzene rings is 1. The predicted octanol–water partition coefficient (Wildman–Crippen LogP) is 2.01. The van der Waals surface area contributed by atoms with Gasteiger partial charge in [-0.15, -0.1) is 11.3 Å². The highest BCUT2D eigenvalue weighted by molar-refractivity contribution is 7.89. The normalized spacial score (nSPS) is 11.5. The van der Waals surface area contributed by atoms with Crippen LogP contribution in [0.15, 0.2) is 34.5 Å². The Bertz CT molecular complexity index is 680. The van der Waals surface area contributed by atoms with Gasteiger partial charge in [0.05, 0.1) is 10.6 Å². The molecule has 1 heterocycles. The first-order chi connectivity index (χ1) is 9.53. The molecular weight excluding hydrogens is 294 g/mol. The predicted molar refractivity (Wildman–Crippen MR) is 81.7 cm³/mol. The molecule has 0 saturated heterocycles. The van der Waals surface area contributed by atoms with Gasteiger partial charge in [-0.05, 0) is 18.6 Å². The van der Waals surface area contributed by atoms with Crippen LogP contribution < -0.4 is 10.0 Å². The standard InChI is InChI=1S/C13H17N3O2S2/c1-10-5-3-4-6-12(10)20(17,18)15-8-7-11-9-19-13(14-2)16-11/h3-6,9,15H,7-8H2,1-2H3,(H,14,16). The minimum Gasteiger partial charge on any atom is -0.365 e. The van der Waals surface area contributed by atoms with E-state index in [2.05, 4.69) is 15.0 Å². The fourth-order valence-corrected chi connectivity index (χ4v) is 3.77. The van der Waals surface area contributed by atoms with E-state index in [0.29, 0.717) is 17.9 Å². The second kappa shape index (κ2) is 6.34. The molecule has 2 aromatic rings. The molecule has 0 aliphatic rings. The molecule has 5 nitrogen and oxygen atoms in total. The lowest BCUT2D eigenvalue weighted by molar-refractivity contribution is 0.581. The molecule has 108 valence electrons. The minimum absolute atomic E-state index is 0.328. The van der Waals surface area contributed by atoms with Crippen molar-refractivity contribution in [1.82, 2.24) is 9.71 Å². The Morgan fingerprint density at radius 2 is 2.05 bits per heavy atom. The minimum atomic E-state index is -3.45. The smallest absolute Gasteiger partial charge is 0.240 e. The second-order valence-electron chi connectivity index (χ2n) is 4.31. The summed E-state index contributed by atoms with van der Waals surface area (Å²) in [5, 5.41) is 5.72. The lowest BCUT2D eigenvalue weighted by atomic mass is 10.2. The van der Waals surface area contributed by atoms with Crippen molar-refractivity contribution in [1.29, 1.82) is 0 Å². The molecular formula is C13H17N3O2S2. The summed E-state index contributed by atoms with van der Waals surface area (Å²) in [6, 6.07) is 6.94. The van der Waals surface area contributed by atoms with Gasteiger partial charge in [0.2, 0.25) is 10.0 Å². The first kappa shape index (κ1) is 15.0. The topological polar surface area (TPSA) is 71.1 Å². The highest BCUT2D eigenvalue weighted by Crippen LogP contribution is 2.16. The van der Waals surface area contributed by atoms with Crippen molar-refractivity contribution >= 4 is 26.5 Å². The lowest BCUT2D eigenvalue weighted by Crippen LogP contribution is -2.26. The number of rotatable bonds is 6. The Hall–Kier alpha value is -1.44. The summed E-state index contributed by atoms with van der Waals surface area (Å²) in [4.78, 5) is 4.64. The van der Waals surface area contributed by atoms with E-state index < -0.39 is 10.0 Å². The maximum atomic E-state index is 12.2. The summed E-state index contributed by atoms with van der Waals surface area (Å²) >= 11 is 1.51. The SMILES string of the molecule is CNc1nc(CCNS(=O)(=O)c2ccccc2C)cs1. The highest BCUT2D eigenvalue weighted by atomic mass is 32.2. The Kier molecular flexibility index (Phi) is 4.74. The fourth-order valence-electron chi connectivity index (χ4n) is 1.79. The molecule has 0 amide bonds. The third-order valence-corrected chi connectivity index (χ3v) is 5.35. The van der Waals surface area contributed by atoms with Gasteiger partial charge in [0.15, 0.2) is 5.13 Å². The molecule has 20 heavy (non-hydrogen) atoms. The summed E-state index contributed by atoms with van der Waals surface area (Å²) < 4.78 is 26.9. The molecule has 7 heteroatoms. The Morgan fingerprint density at radius 3 is 2.70 bits per heavy atom. The molecule has 0 bridgehead atoms. The van der Waals surface area contributed by atoms with Crippen LogP contribution in [0.1, 0.15) is 11.3 Å². The average molecular weight is 311 g/mol. The van der Waals surface area contributed by atoms with Gasteiger partial charge in [0.1, 0.15) is 0 Å². The van der Waals surface area contributed by atoms with Gasteiger partial charge in [-0.2, -0.15) is 0 Å². The van der Waals surface area contributed by atoms with Gasteiger partial charge in [-0.25, -0.2) is 18.1 Å². The molecule has 2 N–H and O–H groups in total. The zero-order valence-electron chi connectivity index (χ0n) is 11.4. The van der Waals surface area contributed by atoms with Crippen LogP contribution in [0, 0.1) is 6.92 Å². The van der Waals surface area contributed by atoms with Crippen LogP contribution in [0.5, 0.6) is 0 Å². The molecule has 2 rings (SSSR count). The monoisotopic (exact) mass is 311 g/mol. The number of thiazole rings is 1. The van der Waals surface area contributed by atoms with Crippen molar-refractivity contribution in [2.24, 2.45) is 0 Å². The number of sulfonamides is 1. The molecule has 0 spiro atoms. The summed E-state index contributed by atoms with van der Waals surface area (Å²) in [6.45, 7) is 2.12. The van der Waals surface area contributed by atoms with Gasteiger partial charge in [-0.1, -0.05) is 18.2 Å². The van der Waals surface area contributed by atoms with Crippen LogP contribution in [0.2, 0.25) is 0 Å². The van der Waals surface area contributed by atoms with Gasteiger partial charge in [-0.3, -0.25) is 0 Å². The van der Waals surface area contributed by atoms with Gasteiger partial charge >= 0.3 is 0 Å². The van der Waals surface area contributed by atoms with Crippen molar-refractivity contribution < 1.29 is 8.42 Å². The van der Waals surface area contributed by atoms with E-state index in [1.165, 1.54) is 11.3 Å². The quantitative estimate of drug-likeness (QED) is 0.856. The maximum absolute atomic E-state index is 12.2. The number of nitrogens with zero attached hydrogens (tertiary/aromatic N) is 1. The molecule has 0 fully saturated rings. The molecule has 0 unspecified atom stereocenters. The van der Waals surface area contributed by atoms with Crippen LogP contribution in [-0.4, -0.2) is 27.0 Å². The van der Waals surface area contributed by atoms with E-state index in [1.807, 2.05) is 18.5 Å². The number of hydrogen-bond donors (Lipinski definition) is 2. The van der Waals surface area contributed by atoms with E-state index in [9.17, 15) is 8.42 Å². The number of nitrogens with one attached hydrogen (secondary N) is 2. The van der Waals surface area contributed by atoms with Crippen LogP contribution in [0.3, 0.4) is 0 Å². The molecule has 0 atom stereocenters. The third-order valence-electron chi connectivity index (χ3n) is 2.82. The third kappa shape index (κ3) is 3.56. The molecule has 0 aliphatic heterocycles. The Balaban J connectivity index is 1.98.